The molecule has 2 amide bonds. The smallest absolute Gasteiger partial charge is 0.311 e. The van der Waals surface area contributed by atoms with Crippen LogP contribution in [0.3, 0.4) is 0 Å². The molecule has 1 saturated heterocycles. The molecule has 0 spiro atoms. The van der Waals surface area contributed by atoms with Gasteiger partial charge in [0.15, 0.2) is 0 Å². The van der Waals surface area contributed by atoms with E-state index in [1.54, 1.807) is 0 Å². The molecule has 1 fully saturated rings. The Balaban J connectivity index is 3.22. The third-order valence-electron chi connectivity index (χ3n) is 5.65. The summed E-state index contributed by atoms with van der Waals surface area (Å²) >= 11 is 0. The summed E-state index contributed by atoms with van der Waals surface area (Å²) in [5.74, 6) is -0.592. The maximum atomic E-state index is 13.3. The number of ether oxygens (including phenoxy) is 1. The van der Waals surface area contributed by atoms with Gasteiger partial charge in [-0.3, -0.25) is 19.3 Å². The van der Waals surface area contributed by atoms with Crippen molar-refractivity contribution < 1.29 is 23.6 Å². The fraction of sp³-hybridized carbons (Fsp3) is 0.850. The summed E-state index contributed by atoms with van der Waals surface area (Å²) in [6.45, 7) is 10.5. The minimum atomic E-state index is -0.777. The first-order valence-corrected chi connectivity index (χ1v) is 9.37. The van der Waals surface area contributed by atoms with Crippen molar-refractivity contribution in [2.24, 2.45) is 16.2 Å². The minimum Gasteiger partial charge on any atom is -0.469 e. The third kappa shape index (κ3) is 4.64. The van der Waals surface area contributed by atoms with Gasteiger partial charge >= 0.3 is 5.97 Å². The van der Waals surface area contributed by atoms with Crippen molar-refractivity contribution >= 4 is 17.8 Å². The summed E-state index contributed by atoms with van der Waals surface area (Å²) in [4.78, 5) is 40.0. The zero-order chi connectivity index (χ0) is 20.6. The molecule has 0 aliphatic carbocycles. The van der Waals surface area contributed by atoms with Crippen LogP contribution in [0.4, 0.5) is 0 Å². The van der Waals surface area contributed by atoms with E-state index in [0.717, 1.165) is 0 Å². The van der Waals surface area contributed by atoms with E-state index in [9.17, 15) is 14.4 Å². The van der Waals surface area contributed by atoms with E-state index >= 15 is 0 Å². The molecule has 6 heteroatoms. The van der Waals surface area contributed by atoms with Crippen molar-refractivity contribution in [1.82, 2.24) is 4.90 Å². The number of imide groups is 1. The van der Waals surface area contributed by atoms with Crippen LogP contribution < -0.4 is 0 Å². The van der Waals surface area contributed by atoms with Crippen molar-refractivity contribution in [1.29, 1.82) is 0 Å². The van der Waals surface area contributed by atoms with Gasteiger partial charge in [-0.15, -0.1) is 0 Å². The van der Waals surface area contributed by atoms with E-state index in [-0.39, 0.29) is 17.8 Å². The van der Waals surface area contributed by atoms with Gasteiger partial charge in [0, 0.05) is 10.8 Å². The van der Waals surface area contributed by atoms with Crippen LogP contribution in [0.1, 0.15) is 53.9 Å². The number of carbonyl (C=O) groups is 3. The van der Waals surface area contributed by atoms with E-state index in [2.05, 4.69) is 0 Å². The summed E-state index contributed by atoms with van der Waals surface area (Å²) in [5, 5.41) is 0. The monoisotopic (exact) mass is 369 g/mol. The highest BCUT2D eigenvalue weighted by Crippen LogP contribution is 2.49. The van der Waals surface area contributed by atoms with Crippen LogP contribution in [0.5, 0.6) is 0 Å². The topological polar surface area (TPSA) is 63.7 Å². The summed E-state index contributed by atoms with van der Waals surface area (Å²) in [6, 6.07) is 0. The Morgan fingerprint density at radius 2 is 1.73 bits per heavy atom. The Morgan fingerprint density at radius 1 is 1.19 bits per heavy atom. The van der Waals surface area contributed by atoms with E-state index in [0.29, 0.717) is 36.8 Å². The van der Waals surface area contributed by atoms with Crippen LogP contribution in [-0.4, -0.2) is 68.5 Å². The van der Waals surface area contributed by atoms with Crippen LogP contribution in [0.15, 0.2) is 0 Å². The van der Waals surface area contributed by atoms with Crippen LogP contribution >= 0.6 is 0 Å². The predicted octanol–water partition coefficient (Wildman–Crippen LogP) is 2.46. The normalized spacial score (nSPS) is 25.8. The number of likely N-dealkylation sites (N-methyl/N-ethyl adjacent to an activating group) is 1. The van der Waals surface area contributed by atoms with Crippen molar-refractivity contribution in [2.45, 2.75) is 53.9 Å². The molecule has 0 N–H and O–H groups in total. The van der Waals surface area contributed by atoms with Crippen molar-refractivity contribution in [3.8, 4) is 0 Å². The van der Waals surface area contributed by atoms with Crippen molar-refractivity contribution in [2.75, 3.05) is 41.3 Å². The fourth-order valence-corrected chi connectivity index (χ4v) is 4.10. The van der Waals surface area contributed by atoms with Crippen molar-refractivity contribution in [3.05, 3.63) is 0 Å². The molecule has 26 heavy (non-hydrogen) atoms. The predicted molar refractivity (Wildman–Crippen MR) is 101 cm³/mol. The molecule has 1 rings (SSSR count). The number of likely N-dealkylation sites (tertiary alicyclic amines) is 1. The molecule has 1 heterocycles. The molecular weight excluding hydrogens is 332 g/mol. The van der Waals surface area contributed by atoms with Gasteiger partial charge in [-0.05, 0) is 26.2 Å². The Labute approximate surface area is 158 Å². The molecule has 0 aromatic rings. The molecule has 150 valence electrons. The number of carbonyl (C=O) groups excluding carboxylic acids is 3. The lowest BCUT2D eigenvalue weighted by molar-refractivity contribution is -0.869. The number of rotatable bonds is 7. The summed E-state index contributed by atoms with van der Waals surface area (Å²) in [7, 11) is 7.49. The molecule has 2 atom stereocenters. The molecule has 0 aromatic carbocycles. The zero-order valence-corrected chi connectivity index (χ0v) is 18.1. The number of piperidine rings is 1. The summed E-state index contributed by atoms with van der Waals surface area (Å²) < 4.78 is 5.66. The zero-order valence-electron chi connectivity index (χ0n) is 18.1. The number of quaternary nitrogens is 1. The Bertz CT molecular complexity index is 579. The molecule has 0 saturated carbocycles. The number of hydrogen-bond acceptors (Lipinski definition) is 4. The van der Waals surface area contributed by atoms with Crippen LogP contribution in [0, 0.1) is 16.2 Å². The third-order valence-corrected chi connectivity index (χ3v) is 5.65. The lowest BCUT2D eigenvalue weighted by Gasteiger charge is -2.48. The quantitative estimate of drug-likeness (QED) is 0.393. The average Bonchev–Trinajstić information content (AvgIpc) is 2.50. The van der Waals surface area contributed by atoms with Crippen LogP contribution in [0.25, 0.3) is 0 Å². The summed E-state index contributed by atoms with van der Waals surface area (Å²) in [6.07, 6.45) is 1.39. The minimum absolute atomic E-state index is 0.121. The Kier molecular flexibility index (Phi) is 6.34. The molecule has 0 bridgehead atoms. The van der Waals surface area contributed by atoms with E-state index in [1.807, 2.05) is 55.8 Å². The second-order valence-corrected chi connectivity index (χ2v) is 9.98. The Morgan fingerprint density at radius 3 is 2.15 bits per heavy atom. The summed E-state index contributed by atoms with van der Waals surface area (Å²) in [5.41, 5.74) is -2.17. The first kappa shape index (κ1) is 22.6. The maximum absolute atomic E-state index is 13.3. The number of esters is 1. The largest absolute Gasteiger partial charge is 0.469 e. The highest BCUT2D eigenvalue weighted by atomic mass is 16.5. The first-order chi connectivity index (χ1) is 11.6. The molecular formula is C20H37N2O4+. The van der Waals surface area contributed by atoms with Crippen LogP contribution in [-0.2, 0) is 19.1 Å². The van der Waals surface area contributed by atoms with Gasteiger partial charge in [0.25, 0.3) is 0 Å². The second kappa shape index (κ2) is 7.29. The average molecular weight is 370 g/mol. The van der Waals surface area contributed by atoms with Gasteiger partial charge < -0.3 is 9.22 Å². The maximum Gasteiger partial charge on any atom is 0.311 e. The number of methoxy groups -OCH3 is 1. The lowest BCUT2D eigenvalue weighted by atomic mass is 9.62. The van der Waals surface area contributed by atoms with E-state index in [4.69, 9.17) is 4.74 Å². The van der Waals surface area contributed by atoms with Gasteiger partial charge in [-0.25, -0.2) is 0 Å². The van der Waals surface area contributed by atoms with E-state index in [1.165, 1.54) is 12.0 Å². The fourth-order valence-electron chi connectivity index (χ4n) is 4.10. The molecule has 0 radical (unpaired) electrons. The van der Waals surface area contributed by atoms with E-state index < -0.39 is 16.2 Å². The molecule has 1 aliphatic heterocycles. The molecule has 2 unspecified atom stereocenters. The Hall–Kier alpha value is -1.43. The van der Waals surface area contributed by atoms with Gasteiger partial charge in [0.2, 0.25) is 11.8 Å². The number of hydrogen-bond donors (Lipinski definition) is 0. The molecule has 6 nitrogen and oxygen atoms in total. The first-order valence-electron chi connectivity index (χ1n) is 9.37. The highest BCUT2D eigenvalue weighted by molar-refractivity contribution is 6.03. The van der Waals surface area contributed by atoms with Crippen molar-refractivity contribution in [3.63, 3.8) is 0 Å². The van der Waals surface area contributed by atoms with Gasteiger partial charge in [-0.2, -0.15) is 0 Å². The number of amides is 2. The van der Waals surface area contributed by atoms with Gasteiger partial charge in [0.05, 0.1) is 46.8 Å². The number of nitrogens with zero attached hydrogens (tertiary/aromatic N) is 2. The highest BCUT2D eigenvalue weighted by Gasteiger charge is 2.55. The molecule has 0 aromatic heterocycles. The van der Waals surface area contributed by atoms with Crippen LogP contribution in [0.2, 0.25) is 0 Å². The van der Waals surface area contributed by atoms with Gasteiger partial charge in [-0.1, -0.05) is 27.7 Å². The second-order valence-electron chi connectivity index (χ2n) is 9.98. The lowest BCUT2D eigenvalue weighted by Crippen LogP contribution is -2.60. The standard InChI is InChI=1S/C20H37N2O4/c1-10-19(4,17(25)26-9)14-20(5)13-18(2,3)15(23)21(16(20)24)11-12-22(6,7)8/h10-14H2,1-9H3/q+1. The molecule has 1 aliphatic rings. The SMILES string of the molecule is CCC(C)(CC1(C)CC(C)(C)C(=O)N(CC[N+](C)(C)C)C1=O)C(=O)OC. The van der Waals surface area contributed by atoms with Gasteiger partial charge in [0.1, 0.15) is 0 Å².